The normalized spacial score (nSPS) is 16.8. The Bertz CT molecular complexity index is 883. The second kappa shape index (κ2) is 9.89. The van der Waals surface area contributed by atoms with E-state index in [0.29, 0.717) is 17.1 Å². The van der Waals surface area contributed by atoms with Crippen molar-refractivity contribution >= 4 is 29.1 Å². The highest BCUT2D eigenvalue weighted by Gasteiger charge is 2.35. The van der Waals surface area contributed by atoms with E-state index >= 15 is 0 Å². The summed E-state index contributed by atoms with van der Waals surface area (Å²) >= 11 is 0. The van der Waals surface area contributed by atoms with Gasteiger partial charge in [-0.05, 0) is 43.3 Å². The van der Waals surface area contributed by atoms with Gasteiger partial charge in [0, 0.05) is 30.9 Å². The summed E-state index contributed by atoms with van der Waals surface area (Å²) in [5, 5.41) is 14.7. The molecule has 0 spiro atoms. The van der Waals surface area contributed by atoms with E-state index in [1.807, 2.05) is 18.2 Å². The predicted molar refractivity (Wildman–Crippen MR) is 112 cm³/mol. The van der Waals surface area contributed by atoms with Gasteiger partial charge in [-0.15, -0.1) is 0 Å². The molecule has 2 aromatic carbocycles. The molecule has 0 aromatic heterocycles. The number of anilines is 2. The first-order chi connectivity index (χ1) is 14.4. The molecule has 30 heavy (non-hydrogen) atoms. The SMILES string of the molecule is C[C@@H](O)CNC(=O)[C@@H]1CC(=O)N(c2ccc(OCC(=O)Nc3ccccc3)cc2)C1. The number of nitrogens with zero attached hydrogens (tertiary/aromatic N) is 1. The quantitative estimate of drug-likeness (QED) is 0.611. The summed E-state index contributed by atoms with van der Waals surface area (Å²) < 4.78 is 5.49. The highest BCUT2D eigenvalue weighted by atomic mass is 16.5. The lowest BCUT2D eigenvalue weighted by Gasteiger charge is -2.17. The van der Waals surface area contributed by atoms with Crippen LogP contribution in [-0.4, -0.2) is 48.6 Å². The van der Waals surface area contributed by atoms with Gasteiger partial charge in [0.2, 0.25) is 11.8 Å². The number of hydrogen-bond acceptors (Lipinski definition) is 5. The van der Waals surface area contributed by atoms with Gasteiger partial charge in [0.15, 0.2) is 6.61 Å². The first kappa shape index (κ1) is 21.3. The summed E-state index contributed by atoms with van der Waals surface area (Å²) in [5.41, 5.74) is 1.35. The molecular formula is C22H25N3O5. The molecule has 0 unspecified atom stereocenters. The summed E-state index contributed by atoms with van der Waals surface area (Å²) in [6.07, 6.45) is -0.506. The lowest BCUT2D eigenvalue weighted by molar-refractivity contribution is -0.126. The molecular weight excluding hydrogens is 386 g/mol. The molecule has 3 N–H and O–H groups in total. The van der Waals surface area contributed by atoms with Crippen LogP contribution in [0.4, 0.5) is 11.4 Å². The molecule has 1 aliphatic rings. The fraction of sp³-hybridized carbons (Fsp3) is 0.318. The number of rotatable bonds is 8. The van der Waals surface area contributed by atoms with Crippen LogP contribution in [0.5, 0.6) is 5.75 Å². The van der Waals surface area contributed by atoms with Crippen molar-refractivity contribution in [1.82, 2.24) is 5.32 Å². The molecule has 3 rings (SSSR count). The molecule has 1 fully saturated rings. The number of ether oxygens (including phenoxy) is 1. The number of carbonyl (C=O) groups is 3. The number of aliphatic hydroxyl groups excluding tert-OH is 1. The molecule has 1 aliphatic heterocycles. The predicted octanol–water partition coefficient (Wildman–Crippen LogP) is 1.55. The number of aliphatic hydroxyl groups is 1. The highest BCUT2D eigenvalue weighted by Crippen LogP contribution is 2.27. The van der Waals surface area contributed by atoms with Crippen LogP contribution in [0.2, 0.25) is 0 Å². The molecule has 1 heterocycles. The molecule has 8 heteroatoms. The minimum atomic E-state index is -0.635. The summed E-state index contributed by atoms with van der Waals surface area (Å²) in [6, 6.07) is 15.9. The van der Waals surface area contributed by atoms with Crippen molar-refractivity contribution in [3.05, 3.63) is 54.6 Å². The minimum Gasteiger partial charge on any atom is -0.484 e. The molecule has 1 saturated heterocycles. The molecule has 3 amide bonds. The zero-order chi connectivity index (χ0) is 21.5. The van der Waals surface area contributed by atoms with Crippen molar-refractivity contribution in [2.24, 2.45) is 5.92 Å². The van der Waals surface area contributed by atoms with Crippen LogP contribution >= 0.6 is 0 Å². The Balaban J connectivity index is 1.51. The van der Waals surface area contributed by atoms with E-state index in [9.17, 15) is 19.5 Å². The first-order valence-electron chi connectivity index (χ1n) is 9.76. The first-order valence-corrected chi connectivity index (χ1v) is 9.76. The monoisotopic (exact) mass is 411 g/mol. The number of para-hydroxylation sites is 1. The van der Waals surface area contributed by atoms with Crippen molar-refractivity contribution in [1.29, 1.82) is 0 Å². The second-order valence-corrected chi connectivity index (χ2v) is 7.20. The molecule has 0 bridgehead atoms. The fourth-order valence-electron chi connectivity index (χ4n) is 3.12. The molecule has 2 atom stereocenters. The molecule has 2 aromatic rings. The second-order valence-electron chi connectivity index (χ2n) is 7.20. The van der Waals surface area contributed by atoms with Crippen LogP contribution in [0.25, 0.3) is 0 Å². The van der Waals surface area contributed by atoms with Gasteiger partial charge in [-0.1, -0.05) is 18.2 Å². The average molecular weight is 411 g/mol. The van der Waals surface area contributed by atoms with Crippen LogP contribution in [0.3, 0.4) is 0 Å². The largest absolute Gasteiger partial charge is 0.484 e. The van der Waals surface area contributed by atoms with Crippen LogP contribution < -0.4 is 20.3 Å². The Morgan fingerprint density at radius 1 is 1.17 bits per heavy atom. The number of amides is 3. The highest BCUT2D eigenvalue weighted by molar-refractivity contribution is 6.00. The van der Waals surface area contributed by atoms with E-state index < -0.39 is 12.0 Å². The van der Waals surface area contributed by atoms with E-state index in [-0.39, 0.29) is 43.8 Å². The van der Waals surface area contributed by atoms with Gasteiger partial charge in [0.1, 0.15) is 5.75 Å². The van der Waals surface area contributed by atoms with Crippen molar-refractivity contribution in [3.63, 3.8) is 0 Å². The van der Waals surface area contributed by atoms with E-state index in [4.69, 9.17) is 4.74 Å². The van der Waals surface area contributed by atoms with E-state index in [2.05, 4.69) is 10.6 Å². The third kappa shape index (κ3) is 5.81. The van der Waals surface area contributed by atoms with Crippen molar-refractivity contribution in [2.45, 2.75) is 19.4 Å². The Kier molecular flexibility index (Phi) is 7.03. The fourth-order valence-corrected chi connectivity index (χ4v) is 3.12. The lowest BCUT2D eigenvalue weighted by atomic mass is 10.1. The van der Waals surface area contributed by atoms with E-state index in [1.165, 1.54) is 0 Å². The third-order valence-corrected chi connectivity index (χ3v) is 4.64. The van der Waals surface area contributed by atoms with Crippen molar-refractivity contribution < 1.29 is 24.2 Å². The van der Waals surface area contributed by atoms with Crippen molar-refractivity contribution in [3.8, 4) is 5.75 Å². The van der Waals surface area contributed by atoms with Gasteiger partial charge in [-0.3, -0.25) is 14.4 Å². The minimum absolute atomic E-state index is 0.129. The Labute approximate surface area is 174 Å². The van der Waals surface area contributed by atoms with Gasteiger partial charge in [0.05, 0.1) is 12.0 Å². The maximum absolute atomic E-state index is 12.3. The van der Waals surface area contributed by atoms with Gasteiger partial charge in [-0.2, -0.15) is 0 Å². The Morgan fingerprint density at radius 3 is 2.53 bits per heavy atom. The van der Waals surface area contributed by atoms with Crippen LogP contribution in [0, 0.1) is 5.92 Å². The Hall–Kier alpha value is -3.39. The number of carbonyl (C=O) groups excluding carboxylic acids is 3. The van der Waals surface area contributed by atoms with E-state index in [0.717, 1.165) is 0 Å². The summed E-state index contributed by atoms with van der Waals surface area (Å²) in [6.45, 7) is 1.89. The van der Waals surface area contributed by atoms with Crippen LogP contribution in [-0.2, 0) is 14.4 Å². The summed E-state index contributed by atoms with van der Waals surface area (Å²) in [7, 11) is 0. The van der Waals surface area contributed by atoms with Gasteiger partial charge < -0.3 is 25.4 Å². The Morgan fingerprint density at radius 2 is 1.87 bits per heavy atom. The molecule has 158 valence electrons. The smallest absolute Gasteiger partial charge is 0.262 e. The summed E-state index contributed by atoms with van der Waals surface area (Å²) in [5.74, 6) is -0.598. The summed E-state index contributed by atoms with van der Waals surface area (Å²) in [4.78, 5) is 38.0. The van der Waals surface area contributed by atoms with E-state index in [1.54, 1.807) is 48.2 Å². The van der Waals surface area contributed by atoms with Gasteiger partial charge >= 0.3 is 0 Å². The molecule has 8 nitrogen and oxygen atoms in total. The van der Waals surface area contributed by atoms with Gasteiger partial charge in [-0.25, -0.2) is 0 Å². The number of benzene rings is 2. The average Bonchev–Trinajstić information content (AvgIpc) is 3.13. The maximum atomic E-state index is 12.3. The van der Waals surface area contributed by atoms with Crippen LogP contribution in [0.1, 0.15) is 13.3 Å². The maximum Gasteiger partial charge on any atom is 0.262 e. The number of nitrogens with one attached hydrogen (secondary N) is 2. The zero-order valence-corrected chi connectivity index (χ0v) is 16.7. The third-order valence-electron chi connectivity index (χ3n) is 4.64. The molecule has 0 radical (unpaired) electrons. The number of hydrogen-bond donors (Lipinski definition) is 3. The lowest BCUT2D eigenvalue weighted by Crippen LogP contribution is -2.36. The zero-order valence-electron chi connectivity index (χ0n) is 16.7. The van der Waals surface area contributed by atoms with Crippen LogP contribution in [0.15, 0.2) is 54.6 Å². The standard InChI is InChI=1S/C22H25N3O5/c1-15(26)12-23-22(29)16-11-21(28)25(13-16)18-7-9-19(10-8-18)30-14-20(27)24-17-5-3-2-4-6-17/h2-10,15-16,26H,11-14H2,1H3,(H,23,29)(H,24,27)/t15-,16-/m1/s1. The molecule has 0 aliphatic carbocycles. The topological polar surface area (TPSA) is 108 Å². The molecule has 0 saturated carbocycles. The van der Waals surface area contributed by atoms with Gasteiger partial charge in [0.25, 0.3) is 5.91 Å². The van der Waals surface area contributed by atoms with Crippen molar-refractivity contribution in [2.75, 3.05) is 29.9 Å².